The van der Waals surface area contributed by atoms with Gasteiger partial charge in [0.1, 0.15) is 0 Å². The summed E-state index contributed by atoms with van der Waals surface area (Å²) in [7, 11) is 2.93. The maximum atomic E-state index is 11.1. The normalized spacial score (nSPS) is 12.1. The zero-order valence-electron chi connectivity index (χ0n) is 10.2. The molecule has 0 saturated heterocycles. The van der Waals surface area contributed by atoms with E-state index in [4.69, 9.17) is 26.2 Å². The summed E-state index contributed by atoms with van der Waals surface area (Å²) >= 11 is 6.02. The maximum Gasteiger partial charge on any atom is 0.310 e. The van der Waals surface area contributed by atoms with Crippen molar-refractivity contribution >= 4 is 17.6 Å². The maximum absolute atomic E-state index is 11.1. The fraction of sp³-hybridized carbons (Fsp3) is 0.417. The van der Waals surface area contributed by atoms with Gasteiger partial charge in [-0.3, -0.25) is 4.79 Å². The molecule has 4 nitrogen and oxygen atoms in total. The number of hydrogen-bond acceptors (Lipinski definition) is 3. The quantitative estimate of drug-likeness (QED) is 0.902. The van der Waals surface area contributed by atoms with Gasteiger partial charge in [0.15, 0.2) is 11.5 Å². The number of rotatable bonds is 4. The van der Waals surface area contributed by atoms with Crippen LogP contribution in [0.4, 0.5) is 0 Å². The van der Waals surface area contributed by atoms with E-state index in [1.807, 2.05) is 0 Å². The highest BCUT2D eigenvalue weighted by atomic mass is 35.5. The average Bonchev–Trinajstić information content (AvgIpc) is 2.27. The van der Waals surface area contributed by atoms with Crippen molar-refractivity contribution in [1.29, 1.82) is 0 Å². The van der Waals surface area contributed by atoms with E-state index in [1.165, 1.54) is 14.2 Å². The summed E-state index contributed by atoms with van der Waals surface area (Å²) in [6.45, 7) is 3.39. The minimum Gasteiger partial charge on any atom is -0.492 e. The fourth-order valence-electron chi connectivity index (χ4n) is 1.80. The van der Waals surface area contributed by atoms with E-state index in [1.54, 1.807) is 19.9 Å². The lowest BCUT2D eigenvalue weighted by Crippen LogP contribution is -2.11. The van der Waals surface area contributed by atoms with E-state index in [2.05, 4.69) is 0 Å². The zero-order valence-corrected chi connectivity index (χ0v) is 11.0. The van der Waals surface area contributed by atoms with Crippen LogP contribution in [-0.4, -0.2) is 25.3 Å². The van der Waals surface area contributed by atoms with E-state index in [-0.39, 0.29) is 0 Å². The molecule has 0 aliphatic heterocycles. The summed E-state index contributed by atoms with van der Waals surface area (Å²) in [5, 5.41) is 9.49. The Kier molecular flexibility index (Phi) is 4.23. The highest BCUT2D eigenvalue weighted by molar-refractivity contribution is 6.32. The molecule has 0 amide bonds. The van der Waals surface area contributed by atoms with Crippen LogP contribution in [0.5, 0.6) is 11.5 Å². The summed E-state index contributed by atoms with van der Waals surface area (Å²) in [4.78, 5) is 11.1. The molecule has 17 heavy (non-hydrogen) atoms. The Hall–Kier alpha value is -1.42. The molecule has 0 aliphatic carbocycles. The number of carboxylic acids is 1. The van der Waals surface area contributed by atoms with Crippen molar-refractivity contribution in [2.24, 2.45) is 0 Å². The van der Waals surface area contributed by atoms with Gasteiger partial charge in [-0.05, 0) is 25.5 Å². The minimum atomic E-state index is -0.921. The molecule has 0 bridgehead atoms. The third kappa shape index (κ3) is 2.47. The van der Waals surface area contributed by atoms with Crippen molar-refractivity contribution in [3.05, 3.63) is 22.2 Å². The molecular weight excluding hydrogens is 244 g/mol. The first kappa shape index (κ1) is 13.6. The van der Waals surface area contributed by atoms with Gasteiger partial charge in [-0.2, -0.15) is 0 Å². The smallest absolute Gasteiger partial charge is 0.310 e. The van der Waals surface area contributed by atoms with Crippen LogP contribution in [-0.2, 0) is 4.79 Å². The molecule has 5 heteroatoms. The predicted molar refractivity (Wildman–Crippen MR) is 65.3 cm³/mol. The van der Waals surface area contributed by atoms with Crippen molar-refractivity contribution in [1.82, 2.24) is 0 Å². The molecule has 1 aromatic rings. The molecule has 0 fully saturated rings. The standard InChI is InChI=1S/C12H15ClO4/c1-6-5-8(13)10(16-3)11(17-4)9(6)7(2)12(14)15/h5,7H,1-4H3,(H,14,15). The van der Waals surface area contributed by atoms with Crippen LogP contribution in [0.15, 0.2) is 6.07 Å². The lowest BCUT2D eigenvalue weighted by molar-refractivity contribution is -0.138. The summed E-state index contributed by atoms with van der Waals surface area (Å²) < 4.78 is 10.4. The van der Waals surface area contributed by atoms with Crippen LogP contribution in [0.3, 0.4) is 0 Å². The Morgan fingerprint density at radius 2 is 1.88 bits per heavy atom. The Labute approximate surface area is 105 Å². The first-order valence-corrected chi connectivity index (χ1v) is 5.45. The van der Waals surface area contributed by atoms with Gasteiger partial charge < -0.3 is 14.6 Å². The van der Waals surface area contributed by atoms with Gasteiger partial charge in [0, 0.05) is 5.56 Å². The van der Waals surface area contributed by atoms with Crippen LogP contribution in [0.1, 0.15) is 24.0 Å². The van der Waals surface area contributed by atoms with Crippen molar-refractivity contribution < 1.29 is 19.4 Å². The zero-order chi connectivity index (χ0) is 13.2. The second kappa shape index (κ2) is 5.27. The molecule has 1 rings (SSSR count). The average molecular weight is 259 g/mol. The molecule has 0 radical (unpaired) electrons. The Balaban J connectivity index is 3.52. The van der Waals surface area contributed by atoms with Crippen molar-refractivity contribution in [3.63, 3.8) is 0 Å². The van der Waals surface area contributed by atoms with Crippen LogP contribution in [0.2, 0.25) is 5.02 Å². The van der Waals surface area contributed by atoms with Crippen molar-refractivity contribution in [2.45, 2.75) is 19.8 Å². The SMILES string of the molecule is COc1c(Cl)cc(C)c(C(C)C(=O)O)c1OC. The Morgan fingerprint density at radius 3 is 2.29 bits per heavy atom. The predicted octanol–water partition coefficient (Wildman–Crippen LogP) is 2.85. The van der Waals surface area contributed by atoms with E-state index in [0.29, 0.717) is 22.1 Å². The monoisotopic (exact) mass is 258 g/mol. The minimum absolute atomic E-state index is 0.364. The molecule has 1 atom stereocenters. The number of halogens is 1. The second-order valence-corrected chi connectivity index (χ2v) is 4.12. The molecule has 0 aliphatic rings. The lowest BCUT2D eigenvalue weighted by atomic mass is 9.95. The number of ether oxygens (including phenoxy) is 2. The van der Waals surface area contributed by atoms with Gasteiger partial charge in [-0.15, -0.1) is 0 Å². The lowest BCUT2D eigenvalue weighted by Gasteiger charge is -2.19. The summed E-state index contributed by atoms with van der Waals surface area (Å²) in [5.41, 5.74) is 1.35. The second-order valence-electron chi connectivity index (χ2n) is 3.72. The number of hydrogen-bond donors (Lipinski definition) is 1. The largest absolute Gasteiger partial charge is 0.492 e. The summed E-state index contributed by atoms with van der Waals surface area (Å²) in [6.07, 6.45) is 0. The Morgan fingerprint density at radius 1 is 1.35 bits per heavy atom. The number of methoxy groups -OCH3 is 2. The van der Waals surface area contributed by atoms with Gasteiger partial charge in [-0.1, -0.05) is 11.6 Å². The number of benzene rings is 1. The highest BCUT2D eigenvalue weighted by Gasteiger charge is 2.25. The Bertz CT molecular complexity index is 443. The molecular formula is C12H15ClO4. The van der Waals surface area contributed by atoms with Crippen LogP contribution < -0.4 is 9.47 Å². The van der Waals surface area contributed by atoms with Crippen molar-refractivity contribution in [3.8, 4) is 11.5 Å². The molecule has 0 heterocycles. The van der Waals surface area contributed by atoms with Crippen LogP contribution in [0.25, 0.3) is 0 Å². The molecule has 0 spiro atoms. The number of carboxylic acid groups (broad SMARTS) is 1. The van der Waals surface area contributed by atoms with Gasteiger partial charge in [0.2, 0.25) is 0 Å². The van der Waals surface area contributed by atoms with Gasteiger partial charge in [-0.25, -0.2) is 0 Å². The molecule has 1 aromatic carbocycles. The molecule has 1 N–H and O–H groups in total. The van der Waals surface area contributed by atoms with E-state index >= 15 is 0 Å². The molecule has 0 aromatic heterocycles. The topological polar surface area (TPSA) is 55.8 Å². The van der Waals surface area contributed by atoms with Gasteiger partial charge in [0.05, 0.1) is 25.2 Å². The first-order valence-electron chi connectivity index (χ1n) is 5.07. The third-order valence-corrected chi connectivity index (χ3v) is 2.93. The highest BCUT2D eigenvalue weighted by Crippen LogP contribution is 2.42. The number of aryl methyl sites for hydroxylation is 1. The van der Waals surface area contributed by atoms with Crippen LogP contribution >= 0.6 is 11.6 Å². The van der Waals surface area contributed by atoms with E-state index in [0.717, 1.165) is 5.56 Å². The fourth-order valence-corrected chi connectivity index (χ4v) is 2.12. The molecule has 94 valence electrons. The van der Waals surface area contributed by atoms with Crippen molar-refractivity contribution in [2.75, 3.05) is 14.2 Å². The van der Waals surface area contributed by atoms with E-state index in [9.17, 15) is 4.79 Å². The van der Waals surface area contributed by atoms with E-state index < -0.39 is 11.9 Å². The molecule has 0 saturated carbocycles. The summed E-state index contributed by atoms with van der Waals surface area (Å²) in [5.74, 6) is -0.859. The van der Waals surface area contributed by atoms with Gasteiger partial charge in [0.25, 0.3) is 0 Å². The number of aliphatic carboxylic acids is 1. The third-order valence-electron chi connectivity index (χ3n) is 2.65. The summed E-state index contributed by atoms with van der Waals surface area (Å²) in [6, 6.07) is 1.68. The molecule has 1 unspecified atom stereocenters. The number of carbonyl (C=O) groups is 1. The van der Waals surface area contributed by atoms with Gasteiger partial charge >= 0.3 is 5.97 Å². The van der Waals surface area contributed by atoms with Crippen LogP contribution in [0, 0.1) is 6.92 Å². The first-order chi connectivity index (χ1) is 7.93.